The molecule has 1 unspecified atom stereocenters. The lowest BCUT2D eigenvalue weighted by Gasteiger charge is -2.09. The molecular formula is C13H17N3O. The highest BCUT2D eigenvalue weighted by Crippen LogP contribution is 2.21. The first-order chi connectivity index (χ1) is 8.22. The zero-order valence-electron chi connectivity index (χ0n) is 10.1. The molecule has 0 amide bonds. The number of anilines is 1. The van der Waals surface area contributed by atoms with Gasteiger partial charge in [-0.3, -0.25) is 0 Å². The number of ether oxygens (including phenoxy) is 1. The Labute approximate surface area is 101 Å². The van der Waals surface area contributed by atoms with E-state index in [1.807, 2.05) is 29.7 Å². The van der Waals surface area contributed by atoms with Crippen molar-refractivity contribution in [2.24, 2.45) is 0 Å². The average molecular weight is 231 g/mol. The van der Waals surface area contributed by atoms with Gasteiger partial charge in [0.25, 0.3) is 0 Å². The summed E-state index contributed by atoms with van der Waals surface area (Å²) in [6, 6.07) is 10.2. The summed E-state index contributed by atoms with van der Waals surface area (Å²) in [6.07, 6.45) is 1.68. The summed E-state index contributed by atoms with van der Waals surface area (Å²) in [5.41, 5.74) is 8.05. The maximum Gasteiger partial charge on any atom is 0.129 e. The minimum absolute atomic E-state index is 0.0768. The van der Waals surface area contributed by atoms with Crippen LogP contribution in [0, 0.1) is 0 Å². The summed E-state index contributed by atoms with van der Waals surface area (Å²) < 4.78 is 7.16. The molecule has 0 aliphatic carbocycles. The Balaban J connectivity index is 2.21. The smallest absolute Gasteiger partial charge is 0.129 e. The van der Waals surface area contributed by atoms with Gasteiger partial charge in [-0.05, 0) is 12.5 Å². The zero-order valence-corrected chi connectivity index (χ0v) is 10.1. The van der Waals surface area contributed by atoms with E-state index in [9.17, 15) is 0 Å². The molecule has 90 valence electrons. The van der Waals surface area contributed by atoms with Crippen LogP contribution in [0.25, 0.3) is 0 Å². The summed E-state index contributed by atoms with van der Waals surface area (Å²) in [4.78, 5) is 4.30. The van der Waals surface area contributed by atoms with Gasteiger partial charge in [0, 0.05) is 7.11 Å². The molecule has 0 radical (unpaired) electrons. The number of aromatic nitrogens is 2. The molecule has 2 aromatic rings. The predicted octanol–water partition coefficient (Wildman–Crippen LogP) is 2.22. The number of imidazole rings is 1. The van der Waals surface area contributed by atoms with Crippen molar-refractivity contribution >= 4 is 5.82 Å². The molecule has 2 N–H and O–H groups in total. The number of benzene rings is 1. The molecule has 2 rings (SSSR count). The first-order valence-electron chi connectivity index (χ1n) is 5.59. The summed E-state index contributed by atoms with van der Waals surface area (Å²) in [6.45, 7) is 2.67. The van der Waals surface area contributed by atoms with Crippen LogP contribution in [-0.4, -0.2) is 16.7 Å². The monoisotopic (exact) mass is 231 g/mol. The first-order valence-corrected chi connectivity index (χ1v) is 5.59. The summed E-state index contributed by atoms with van der Waals surface area (Å²) >= 11 is 0. The molecule has 0 spiro atoms. The van der Waals surface area contributed by atoms with E-state index < -0.39 is 0 Å². The standard InChI is InChI=1S/C13H17N3O/c1-10(17-2)12-13(14)16(9-15-12)8-11-6-4-3-5-7-11/h3-7,9-10H,8,14H2,1-2H3. The van der Waals surface area contributed by atoms with Crippen LogP contribution in [0.15, 0.2) is 36.7 Å². The number of nitrogen functional groups attached to an aromatic ring is 1. The van der Waals surface area contributed by atoms with Crippen molar-refractivity contribution in [3.63, 3.8) is 0 Å². The lowest BCUT2D eigenvalue weighted by atomic mass is 10.2. The Hall–Kier alpha value is -1.81. The van der Waals surface area contributed by atoms with E-state index in [1.54, 1.807) is 13.4 Å². The van der Waals surface area contributed by atoms with Crippen molar-refractivity contribution in [2.45, 2.75) is 19.6 Å². The summed E-state index contributed by atoms with van der Waals surface area (Å²) in [7, 11) is 1.65. The fourth-order valence-corrected chi connectivity index (χ4v) is 1.74. The lowest BCUT2D eigenvalue weighted by Crippen LogP contribution is -2.06. The first kappa shape index (κ1) is 11.7. The highest BCUT2D eigenvalue weighted by Gasteiger charge is 2.13. The Morgan fingerprint density at radius 1 is 1.35 bits per heavy atom. The minimum atomic E-state index is -0.0768. The van der Waals surface area contributed by atoms with Crippen molar-refractivity contribution in [1.29, 1.82) is 0 Å². The van der Waals surface area contributed by atoms with Crippen molar-refractivity contribution in [3.8, 4) is 0 Å². The highest BCUT2D eigenvalue weighted by atomic mass is 16.5. The number of hydrogen-bond donors (Lipinski definition) is 1. The Morgan fingerprint density at radius 3 is 2.71 bits per heavy atom. The van der Waals surface area contributed by atoms with E-state index >= 15 is 0 Å². The minimum Gasteiger partial charge on any atom is -0.383 e. The number of methoxy groups -OCH3 is 1. The predicted molar refractivity (Wildman–Crippen MR) is 67.6 cm³/mol. The van der Waals surface area contributed by atoms with Crippen molar-refractivity contribution in [3.05, 3.63) is 47.9 Å². The van der Waals surface area contributed by atoms with E-state index in [-0.39, 0.29) is 6.10 Å². The second kappa shape index (κ2) is 5.01. The maximum atomic E-state index is 6.05. The molecular weight excluding hydrogens is 214 g/mol. The van der Waals surface area contributed by atoms with Gasteiger partial charge < -0.3 is 15.0 Å². The van der Waals surface area contributed by atoms with Gasteiger partial charge in [-0.15, -0.1) is 0 Å². The van der Waals surface area contributed by atoms with Crippen molar-refractivity contribution in [1.82, 2.24) is 9.55 Å². The molecule has 0 saturated carbocycles. The van der Waals surface area contributed by atoms with E-state index in [0.29, 0.717) is 5.82 Å². The van der Waals surface area contributed by atoms with Gasteiger partial charge in [-0.1, -0.05) is 30.3 Å². The van der Waals surface area contributed by atoms with Gasteiger partial charge in [-0.2, -0.15) is 0 Å². The highest BCUT2D eigenvalue weighted by molar-refractivity contribution is 5.38. The van der Waals surface area contributed by atoms with Crippen LogP contribution in [0.4, 0.5) is 5.82 Å². The molecule has 0 saturated heterocycles. The Kier molecular flexibility index (Phi) is 3.44. The number of nitrogens with two attached hydrogens (primary N) is 1. The van der Waals surface area contributed by atoms with Crippen LogP contribution in [0.3, 0.4) is 0 Å². The van der Waals surface area contributed by atoms with E-state index in [2.05, 4.69) is 17.1 Å². The number of nitrogens with zero attached hydrogens (tertiary/aromatic N) is 2. The van der Waals surface area contributed by atoms with Gasteiger partial charge in [-0.25, -0.2) is 4.98 Å². The van der Waals surface area contributed by atoms with Crippen LogP contribution in [0.5, 0.6) is 0 Å². The second-order valence-electron chi connectivity index (χ2n) is 4.01. The van der Waals surface area contributed by atoms with E-state index in [4.69, 9.17) is 10.5 Å². The van der Waals surface area contributed by atoms with Crippen LogP contribution in [0.1, 0.15) is 24.3 Å². The third-order valence-corrected chi connectivity index (χ3v) is 2.84. The van der Waals surface area contributed by atoms with Crippen molar-refractivity contribution in [2.75, 3.05) is 12.8 Å². The molecule has 1 heterocycles. The largest absolute Gasteiger partial charge is 0.383 e. The lowest BCUT2D eigenvalue weighted by molar-refractivity contribution is 0.117. The van der Waals surface area contributed by atoms with Crippen molar-refractivity contribution < 1.29 is 4.74 Å². The van der Waals surface area contributed by atoms with Gasteiger partial charge >= 0.3 is 0 Å². The third kappa shape index (κ3) is 2.47. The molecule has 4 heteroatoms. The normalized spacial score (nSPS) is 12.6. The maximum absolute atomic E-state index is 6.05. The van der Waals surface area contributed by atoms with Crippen LogP contribution < -0.4 is 5.73 Å². The second-order valence-corrected chi connectivity index (χ2v) is 4.01. The van der Waals surface area contributed by atoms with Gasteiger partial charge in [0.05, 0.1) is 19.0 Å². The van der Waals surface area contributed by atoms with E-state index in [0.717, 1.165) is 12.2 Å². The Bertz CT molecular complexity index is 479. The Morgan fingerprint density at radius 2 is 2.06 bits per heavy atom. The van der Waals surface area contributed by atoms with E-state index in [1.165, 1.54) is 5.56 Å². The summed E-state index contributed by atoms with van der Waals surface area (Å²) in [5.74, 6) is 0.670. The molecule has 1 aromatic heterocycles. The molecule has 0 aliphatic heterocycles. The van der Waals surface area contributed by atoms with Gasteiger partial charge in [0.2, 0.25) is 0 Å². The molecule has 1 atom stereocenters. The molecule has 0 aliphatic rings. The molecule has 0 fully saturated rings. The average Bonchev–Trinajstić information content (AvgIpc) is 2.72. The topological polar surface area (TPSA) is 53.1 Å². The van der Waals surface area contributed by atoms with Crippen LogP contribution >= 0.6 is 0 Å². The molecule has 17 heavy (non-hydrogen) atoms. The van der Waals surface area contributed by atoms with Crippen LogP contribution in [0.2, 0.25) is 0 Å². The fourth-order valence-electron chi connectivity index (χ4n) is 1.74. The zero-order chi connectivity index (χ0) is 12.3. The molecule has 0 bridgehead atoms. The summed E-state index contributed by atoms with van der Waals surface area (Å²) in [5, 5.41) is 0. The van der Waals surface area contributed by atoms with Crippen LogP contribution in [-0.2, 0) is 11.3 Å². The number of hydrogen-bond acceptors (Lipinski definition) is 3. The third-order valence-electron chi connectivity index (χ3n) is 2.84. The molecule has 1 aromatic carbocycles. The quantitative estimate of drug-likeness (QED) is 0.877. The SMILES string of the molecule is COC(C)c1ncn(Cc2ccccc2)c1N. The number of rotatable bonds is 4. The van der Waals surface area contributed by atoms with Gasteiger partial charge in [0.15, 0.2) is 0 Å². The fraction of sp³-hybridized carbons (Fsp3) is 0.308. The molecule has 4 nitrogen and oxygen atoms in total. The van der Waals surface area contributed by atoms with Gasteiger partial charge in [0.1, 0.15) is 11.5 Å².